The molecule has 4 N–H and O–H groups in total. The number of tetrazole rings is 1. The molecule has 0 aliphatic carbocycles. The molecule has 0 aliphatic heterocycles. The summed E-state index contributed by atoms with van der Waals surface area (Å²) in [5.74, 6) is 0.341. The van der Waals surface area contributed by atoms with Gasteiger partial charge in [-0.25, -0.2) is 0 Å². The van der Waals surface area contributed by atoms with Gasteiger partial charge in [-0.15, -0.1) is 10.2 Å². The Kier molecular flexibility index (Phi) is 5.17. The van der Waals surface area contributed by atoms with Crippen LogP contribution < -0.4 is 10.6 Å². The number of aliphatic hydroxyl groups is 1. The fraction of sp³-hybridized carbons (Fsp3) is 0.800. The molecule has 1 heterocycles. The number of carbonyl (C=O) groups is 1. The van der Waals surface area contributed by atoms with Gasteiger partial charge in [0, 0.05) is 18.5 Å². The maximum absolute atomic E-state index is 11.8. The first-order valence-corrected chi connectivity index (χ1v) is 5.81. The summed E-state index contributed by atoms with van der Waals surface area (Å²) in [6.45, 7) is 5.90. The van der Waals surface area contributed by atoms with Gasteiger partial charge in [-0.3, -0.25) is 4.79 Å². The van der Waals surface area contributed by atoms with E-state index in [0.29, 0.717) is 18.8 Å². The smallest absolute Gasteiger partial charge is 0.239 e. The lowest BCUT2D eigenvalue weighted by Gasteiger charge is -2.24. The summed E-state index contributed by atoms with van der Waals surface area (Å²) >= 11 is 0. The van der Waals surface area contributed by atoms with Crippen LogP contribution in [0.1, 0.15) is 26.6 Å². The van der Waals surface area contributed by atoms with E-state index in [4.69, 9.17) is 0 Å². The van der Waals surface area contributed by atoms with Crippen LogP contribution in [0.15, 0.2) is 0 Å². The number of aromatic amines is 1. The van der Waals surface area contributed by atoms with Gasteiger partial charge in [0.25, 0.3) is 0 Å². The summed E-state index contributed by atoms with van der Waals surface area (Å²) in [4.78, 5) is 11.8. The molecule has 0 saturated heterocycles. The zero-order chi connectivity index (χ0) is 13.6. The van der Waals surface area contributed by atoms with Crippen molar-refractivity contribution in [1.82, 2.24) is 31.3 Å². The Morgan fingerprint density at radius 1 is 1.50 bits per heavy atom. The third kappa shape index (κ3) is 5.19. The molecule has 18 heavy (non-hydrogen) atoms. The second-order valence-electron chi connectivity index (χ2n) is 5.01. The molecule has 1 amide bonds. The minimum absolute atomic E-state index is 0.224. The largest absolute Gasteiger partial charge is 0.394 e. The van der Waals surface area contributed by atoms with E-state index in [1.165, 1.54) is 0 Å². The molecule has 8 nitrogen and oxygen atoms in total. The molecular weight excluding hydrogens is 236 g/mol. The molecule has 0 fully saturated rings. The second kappa shape index (κ2) is 6.41. The predicted molar refractivity (Wildman–Crippen MR) is 64.7 cm³/mol. The third-order valence-corrected chi connectivity index (χ3v) is 2.13. The average Bonchev–Trinajstić information content (AvgIpc) is 2.74. The van der Waals surface area contributed by atoms with Crippen molar-refractivity contribution >= 4 is 5.91 Å². The van der Waals surface area contributed by atoms with Crippen molar-refractivity contribution in [3.63, 3.8) is 0 Å². The number of amides is 1. The van der Waals surface area contributed by atoms with E-state index in [1.54, 1.807) is 0 Å². The van der Waals surface area contributed by atoms with Crippen LogP contribution in [0.25, 0.3) is 0 Å². The summed E-state index contributed by atoms with van der Waals surface area (Å²) in [5, 5.41) is 28.3. The quantitative estimate of drug-likeness (QED) is 0.498. The van der Waals surface area contributed by atoms with Crippen LogP contribution in [-0.2, 0) is 11.2 Å². The van der Waals surface area contributed by atoms with Gasteiger partial charge < -0.3 is 15.7 Å². The lowest BCUT2D eigenvalue weighted by molar-refractivity contribution is -0.125. The topological polar surface area (TPSA) is 116 Å². The van der Waals surface area contributed by atoms with Gasteiger partial charge in [0.1, 0.15) is 6.04 Å². The fourth-order valence-electron chi connectivity index (χ4n) is 1.34. The zero-order valence-corrected chi connectivity index (χ0v) is 10.9. The first-order chi connectivity index (χ1) is 8.42. The first-order valence-electron chi connectivity index (χ1n) is 5.81. The molecule has 0 unspecified atom stereocenters. The Hall–Kier alpha value is -1.54. The van der Waals surface area contributed by atoms with Crippen LogP contribution in [-0.4, -0.2) is 56.4 Å². The number of aromatic nitrogens is 4. The Bertz CT molecular complexity index is 359. The van der Waals surface area contributed by atoms with Gasteiger partial charge in [0.05, 0.1) is 6.61 Å². The number of rotatable bonds is 6. The highest BCUT2D eigenvalue weighted by molar-refractivity contribution is 5.82. The van der Waals surface area contributed by atoms with Crippen molar-refractivity contribution in [2.24, 2.45) is 0 Å². The molecule has 0 spiro atoms. The summed E-state index contributed by atoms with van der Waals surface area (Å²) in [7, 11) is 0. The van der Waals surface area contributed by atoms with Crippen LogP contribution in [0, 0.1) is 0 Å². The van der Waals surface area contributed by atoms with E-state index in [1.807, 2.05) is 20.8 Å². The minimum atomic E-state index is -0.629. The van der Waals surface area contributed by atoms with Crippen molar-refractivity contribution in [3.05, 3.63) is 5.82 Å². The summed E-state index contributed by atoms with van der Waals surface area (Å²) in [5.41, 5.74) is -0.320. The first kappa shape index (κ1) is 14.5. The van der Waals surface area contributed by atoms with Gasteiger partial charge in [-0.1, -0.05) is 5.21 Å². The number of hydrogen-bond donors (Lipinski definition) is 4. The van der Waals surface area contributed by atoms with Crippen LogP contribution in [0.4, 0.5) is 0 Å². The highest BCUT2D eigenvalue weighted by Gasteiger charge is 2.21. The number of aliphatic hydroxyl groups excluding tert-OH is 1. The number of carbonyl (C=O) groups excluding carboxylic acids is 1. The van der Waals surface area contributed by atoms with E-state index in [9.17, 15) is 9.90 Å². The van der Waals surface area contributed by atoms with Crippen LogP contribution >= 0.6 is 0 Å². The molecule has 0 aliphatic rings. The van der Waals surface area contributed by atoms with Gasteiger partial charge in [0.2, 0.25) is 5.91 Å². The molecule has 1 aromatic rings. The molecule has 0 aromatic carbocycles. The van der Waals surface area contributed by atoms with Gasteiger partial charge in [0.15, 0.2) is 5.82 Å². The molecule has 1 rings (SSSR count). The zero-order valence-electron chi connectivity index (χ0n) is 10.9. The highest BCUT2D eigenvalue weighted by Crippen LogP contribution is 1.99. The maximum atomic E-state index is 11.8. The number of hydrogen-bond acceptors (Lipinski definition) is 6. The maximum Gasteiger partial charge on any atom is 0.239 e. The lowest BCUT2D eigenvalue weighted by atomic mass is 10.1. The van der Waals surface area contributed by atoms with Crippen molar-refractivity contribution < 1.29 is 9.90 Å². The minimum Gasteiger partial charge on any atom is -0.394 e. The molecular formula is C10H20N6O2. The molecule has 0 bridgehead atoms. The number of nitrogens with one attached hydrogen (secondary N) is 3. The highest BCUT2D eigenvalue weighted by atomic mass is 16.3. The van der Waals surface area contributed by atoms with Crippen molar-refractivity contribution in [2.45, 2.75) is 38.8 Å². The molecule has 8 heteroatoms. The monoisotopic (exact) mass is 256 g/mol. The van der Waals surface area contributed by atoms with E-state index in [2.05, 4.69) is 31.3 Å². The van der Waals surface area contributed by atoms with E-state index in [-0.39, 0.29) is 18.1 Å². The van der Waals surface area contributed by atoms with Crippen molar-refractivity contribution in [1.29, 1.82) is 0 Å². The van der Waals surface area contributed by atoms with Crippen molar-refractivity contribution in [2.75, 3.05) is 13.2 Å². The van der Waals surface area contributed by atoms with Crippen LogP contribution in [0.2, 0.25) is 0 Å². The Morgan fingerprint density at radius 3 is 2.72 bits per heavy atom. The van der Waals surface area contributed by atoms with Gasteiger partial charge >= 0.3 is 0 Å². The number of nitrogens with zero attached hydrogens (tertiary/aromatic N) is 3. The summed E-state index contributed by atoms with van der Waals surface area (Å²) in [6.07, 6.45) is 0.537. The standard InChI is InChI=1S/C10H20N6O2/c1-10(2,3)12-9(18)7(6-17)11-5-4-8-13-15-16-14-8/h7,11,17H,4-6H2,1-3H3,(H,12,18)(H,13,14,15,16)/t7-/m0/s1. The van der Waals surface area contributed by atoms with Crippen LogP contribution in [0.5, 0.6) is 0 Å². The van der Waals surface area contributed by atoms with Gasteiger partial charge in [-0.05, 0) is 20.8 Å². The van der Waals surface area contributed by atoms with E-state index >= 15 is 0 Å². The van der Waals surface area contributed by atoms with Crippen molar-refractivity contribution in [3.8, 4) is 0 Å². The molecule has 102 valence electrons. The van der Waals surface area contributed by atoms with E-state index < -0.39 is 6.04 Å². The number of H-pyrrole nitrogens is 1. The molecule has 0 radical (unpaired) electrons. The SMILES string of the molecule is CC(C)(C)NC(=O)[C@H](CO)NCCc1nn[nH]n1. The predicted octanol–water partition coefficient (Wildman–Crippen LogP) is -1.39. The third-order valence-electron chi connectivity index (χ3n) is 2.13. The summed E-state index contributed by atoms with van der Waals surface area (Å²) in [6, 6.07) is -0.629. The molecule has 1 atom stereocenters. The molecule has 0 saturated carbocycles. The Balaban J connectivity index is 2.35. The fourth-order valence-corrected chi connectivity index (χ4v) is 1.34. The normalized spacial score (nSPS) is 13.3. The second-order valence-corrected chi connectivity index (χ2v) is 5.01. The molecule has 1 aromatic heterocycles. The average molecular weight is 256 g/mol. The van der Waals surface area contributed by atoms with E-state index in [0.717, 1.165) is 0 Å². The van der Waals surface area contributed by atoms with Crippen LogP contribution in [0.3, 0.4) is 0 Å². The summed E-state index contributed by atoms with van der Waals surface area (Å²) < 4.78 is 0. The Morgan fingerprint density at radius 2 is 2.22 bits per heavy atom. The Labute approximate surface area is 106 Å². The lowest BCUT2D eigenvalue weighted by Crippen LogP contribution is -2.52. The van der Waals surface area contributed by atoms with Gasteiger partial charge in [-0.2, -0.15) is 5.21 Å².